The Bertz CT molecular complexity index is 638. The highest BCUT2D eigenvalue weighted by molar-refractivity contribution is 6.32. The number of pyridine rings is 1. The summed E-state index contributed by atoms with van der Waals surface area (Å²) in [5.74, 6) is -0.929. The highest BCUT2D eigenvalue weighted by Crippen LogP contribution is 2.13. The lowest BCUT2D eigenvalue weighted by Crippen LogP contribution is -2.14. The first-order valence-corrected chi connectivity index (χ1v) is 6.33. The van der Waals surface area contributed by atoms with Crippen molar-refractivity contribution in [1.82, 2.24) is 4.98 Å². The minimum absolute atomic E-state index is 0.0558. The summed E-state index contributed by atoms with van der Waals surface area (Å²) in [6.07, 6.45) is 1.47. The molecule has 0 unspecified atom stereocenters. The second-order valence-electron chi connectivity index (χ2n) is 4.21. The summed E-state index contributed by atoms with van der Waals surface area (Å²) < 4.78 is 4.94. The third kappa shape index (κ3) is 3.42. The molecule has 1 heterocycles. The first kappa shape index (κ1) is 14.2. The van der Waals surface area contributed by atoms with Crippen molar-refractivity contribution in [1.29, 1.82) is 0 Å². The molecule has 1 aromatic carbocycles. The molecule has 0 saturated heterocycles. The topological polar surface area (TPSA) is 56.3 Å². The molecule has 0 fully saturated rings. The van der Waals surface area contributed by atoms with Crippen molar-refractivity contribution in [3.8, 4) is 0 Å². The molecule has 0 aliphatic heterocycles. The Labute approximate surface area is 121 Å². The molecule has 5 heteroatoms. The summed E-state index contributed by atoms with van der Waals surface area (Å²) in [6.45, 7) is 1.60. The highest BCUT2D eigenvalue weighted by Gasteiger charge is 2.14. The average Bonchev–Trinajstić information content (AvgIpc) is 2.45. The largest absolute Gasteiger partial charge is 0.454 e. The number of nitrogens with zero attached hydrogens (tertiary/aromatic N) is 1. The lowest BCUT2D eigenvalue weighted by molar-refractivity contribution is 0.0474. The van der Waals surface area contributed by atoms with Crippen LogP contribution in [-0.4, -0.2) is 23.3 Å². The van der Waals surface area contributed by atoms with Crippen molar-refractivity contribution in [3.63, 3.8) is 0 Å². The molecule has 0 saturated carbocycles. The molecular weight excluding hydrogens is 278 g/mol. The fourth-order valence-electron chi connectivity index (χ4n) is 1.57. The highest BCUT2D eigenvalue weighted by atomic mass is 35.5. The number of aromatic nitrogens is 1. The molecule has 0 amide bonds. The fraction of sp³-hybridized carbons (Fsp3) is 0.133. The average molecular weight is 290 g/mol. The number of ether oxygens (including phenoxy) is 1. The van der Waals surface area contributed by atoms with E-state index in [0.29, 0.717) is 5.56 Å². The second-order valence-corrected chi connectivity index (χ2v) is 4.57. The van der Waals surface area contributed by atoms with Gasteiger partial charge >= 0.3 is 5.97 Å². The van der Waals surface area contributed by atoms with E-state index in [1.54, 1.807) is 18.2 Å². The van der Waals surface area contributed by atoms with E-state index in [9.17, 15) is 9.59 Å². The van der Waals surface area contributed by atoms with Crippen molar-refractivity contribution in [2.45, 2.75) is 6.92 Å². The molecular formula is C15H12ClNO3. The molecule has 0 spiro atoms. The van der Waals surface area contributed by atoms with E-state index in [-0.39, 0.29) is 23.1 Å². The van der Waals surface area contributed by atoms with Crippen molar-refractivity contribution in [2.75, 3.05) is 6.61 Å². The zero-order valence-electron chi connectivity index (χ0n) is 10.8. The molecule has 1 aromatic heterocycles. The molecule has 0 bridgehead atoms. The lowest BCUT2D eigenvalue weighted by Gasteiger charge is -2.05. The maximum absolute atomic E-state index is 11.9. The van der Waals surface area contributed by atoms with Gasteiger partial charge in [0.1, 0.15) is 5.15 Å². The third-order valence-electron chi connectivity index (χ3n) is 2.69. The van der Waals surface area contributed by atoms with Crippen molar-refractivity contribution >= 4 is 23.4 Å². The predicted octanol–water partition coefficient (Wildman–Crippen LogP) is 3.08. The molecule has 0 radical (unpaired) electrons. The third-order valence-corrected chi connectivity index (χ3v) is 2.99. The van der Waals surface area contributed by atoms with Crippen LogP contribution in [0.1, 0.15) is 26.3 Å². The monoisotopic (exact) mass is 289 g/mol. The Kier molecular flexibility index (Phi) is 4.48. The molecule has 0 aliphatic rings. The normalized spacial score (nSPS) is 10.1. The van der Waals surface area contributed by atoms with Crippen LogP contribution in [0.4, 0.5) is 0 Å². The summed E-state index contributed by atoms with van der Waals surface area (Å²) >= 11 is 5.77. The SMILES string of the molecule is Cc1ccc(C(=O)COC(=O)c2cccnc2Cl)cc1. The van der Waals surface area contributed by atoms with Gasteiger partial charge in [-0.3, -0.25) is 4.79 Å². The van der Waals surface area contributed by atoms with Crippen LogP contribution in [0.25, 0.3) is 0 Å². The standard InChI is InChI=1S/C15H12ClNO3/c1-10-4-6-11(7-5-10)13(18)9-20-15(19)12-3-2-8-17-14(12)16/h2-8H,9H2,1H3. The fourth-order valence-corrected chi connectivity index (χ4v) is 1.77. The first-order chi connectivity index (χ1) is 9.58. The van der Waals surface area contributed by atoms with E-state index >= 15 is 0 Å². The number of carbonyl (C=O) groups is 2. The van der Waals surface area contributed by atoms with Crippen molar-refractivity contribution in [3.05, 3.63) is 64.4 Å². The van der Waals surface area contributed by atoms with E-state index in [1.807, 2.05) is 19.1 Å². The lowest BCUT2D eigenvalue weighted by atomic mass is 10.1. The van der Waals surface area contributed by atoms with Gasteiger partial charge in [-0.2, -0.15) is 0 Å². The van der Waals surface area contributed by atoms with Crippen LogP contribution in [0.2, 0.25) is 5.15 Å². The maximum atomic E-state index is 11.9. The molecule has 0 atom stereocenters. The van der Waals surface area contributed by atoms with Gasteiger partial charge in [-0.25, -0.2) is 9.78 Å². The molecule has 4 nitrogen and oxygen atoms in total. The molecule has 0 N–H and O–H groups in total. The van der Waals surface area contributed by atoms with Gasteiger partial charge in [-0.1, -0.05) is 41.4 Å². The van der Waals surface area contributed by atoms with Crippen LogP contribution in [0.3, 0.4) is 0 Å². The number of hydrogen-bond donors (Lipinski definition) is 0. The van der Waals surface area contributed by atoms with Crippen LogP contribution < -0.4 is 0 Å². The van der Waals surface area contributed by atoms with Crippen molar-refractivity contribution < 1.29 is 14.3 Å². The molecule has 20 heavy (non-hydrogen) atoms. The van der Waals surface area contributed by atoms with Crippen molar-refractivity contribution in [2.24, 2.45) is 0 Å². The maximum Gasteiger partial charge on any atom is 0.341 e. The zero-order chi connectivity index (χ0) is 14.5. The summed E-state index contributed by atoms with van der Waals surface area (Å²) in [5, 5.41) is 0.0558. The smallest absolute Gasteiger partial charge is 0.341 e. The Hall–Kier alpha value is -2.20. The Balaban J connectivity index is 1.99. The van der Waals surface area contributed by atoms with Gasteiger partial charge in [0, 0.05) is 11.8 Å². The van der Waals surface area contributed by atoms with Crippen LogP contribution in [0.15, 0.2) is 42.6 Å². The molecule has 2 aromatic rings. The Morgan fingerprint density at radius 3 is 2.55 bits per heavy atom. The first-order valence-electron chi connectivity index (χ1n) is 5.95. The number of ketones is 1. The van der Waals surface area contributed by atoms with Gasteiger partial charge in [0.15, 0.2) is 12.4 Å². The number of benzene rings is 1. The number of carbonyl (C=O) groups excluding carboxylic acids is 2. The van der Waals surface area contributed by atoms with Gasteiger partial charge in [0.2, 0.25) is 0 Å². The summed E-state index contributed by atoms with van der Waals surface area (Å²) in [6, 6.07) is 10.1. The zero-order valence-corrected chi connectivity index (χ0v) is 11.6. The van der Waals surface area contributed by atoms with Gasteiger partial charge in [0.05, 0.1) is 5.56 Å². The van der Waals surface area contributed by atoms with Gasteiger partial charge in [-0.15, -0.1) is 0 Å². The summed E-state index contributed by atoms with van der Waals surface area (Å²) in [4.78, 5) is 27.4. The second kappa shape index (κ2) is 6.30. The quantitative estimate of drug-likeness (QED) is 0.493. The van der Waals surface area contributed by atoms with Gasteiger partial charge < -0.3 is 4.74 Å². The minimum Gasteiger partial charge on any atom is -0.454 e. The van der Waals surface area contributed by atoms with E-state index in [4.69, 9.17) is 16.3 Å². The van der Waals surface area contributed by atoms with Crippen LogP contribution in [-0.2, 0) is 4.74 Å². The van der Waals surface area contributed by atoms with Gasteiger partial charge in [0.25, 0.3) is 0 Å². The number of esters is 1. The summed E-state index contributed by atoms with van der Waals surface area (Å²) in [7, 11) is 0. The minimum atomic E-state index is -0.663. The molecule has 102 valence electrons. The number of halogens is 1. The van der Waals surface area contributed by atoms with E-state index in [0.717, 1.165) is 5.56 Å². The van der Waals surface area contributed by atoms with E-state index < -0.39 is 5.97 Å². The number of hydrogen-bond acceptors (Lipinski definition) is 4. The van der Waals surface area contributed by atoms with Gasteiger partial charge in [-0.05, 0) is 19.1 Å². The number of rotatable bonds is 4. The Morgan fingerprint density at radius 1 is 1.20 bits per heavy atom. The predicted molar refractivity (Wildman–Crippen MR) is 75.0 cm³/mol. The van der Waals surface area contributed by atoms with E-state index in [2.05, 4.69) is 4.98 Å². The van der Waals surface area contributed by atoms with E-state index in [1.165, 1.54) is 12.3 Å². The number of Topliss-reactive ketones (excluding diaryl/α,β-unsaturated/α-hetero) is 1. The molecule has 0 aliphatic carbocycles. The van der Waals surface area contributed by atoms with Crippen LogP contribution in [0, 0.1) is 6.92 Å². The van der Waals surface area contributed by atoms with Crippen LogP contribution in [0.5, 0.6) is 0 Å². The summed E-state index contributed by atoms with van der Waals surface area (Å²) in [5.41, 5.74) is 1.70. The Morgan fingerprint density at radius 2 is 1.90 bits per heavy atom. The number of aryl methyl sites for hydroxylation is 1. The van der Waals surface area contributed by atoms with Crippen LogP contribution >= 0.6 is 11.6 Å². The molecule has 2 rings (SSSR count).